The molecular formula is C24H24Cl2F4N4O4. The molecule has 2 saturated carbocycles. The Bertz CT molecular complexity index is 1240. The van der Waals surface area contributed by atoms with Gasteiger partial charge in [0, 0.05) is 12.4 Å². The van der Waals surface area contributed by atoms with Crippen molar-refractivity contribution in [1.82, 2.24) is 19.7 Å². The van der Waals surface area contributed by atoms with E-state index in [1.54, 1.807) is 6.92 Å². The van der Waals surface area contributed by atoms with Gasteiger partial charge in [-0.05, 0) is 38.0 Å². The summed E-state index contributed by atoms with van der Waals surface area (Å²) in [4.78, 5) is 42.3. The van der Waals surface area contributed by atoms with Crippen LogP contribution in [0.25, 0.3) is 0 Å². The maximum Gasteiger partial charge on any atom is 0.433 e. The Morgan fingerprint density at radius 1 is 1.16 bits per heavy atom. The van der Waals surface area contributed by atoms with E-state index in [2.05, 4.69) is 10.1 Å². The van der Waals surface area contributed by atoms with E-state index in [4.69, 9.17) is 23.2 Å². The van der Waals surface area contributed by atoms with Crippen LogP contribution in [0.2, 0.25) is 10.0 Å². The van der Waals surface area contributed by atoms with Crippen molar-refractivity contribution in [2.45, 2.75) is 56.9 Å². The highest BCUT2D eigenvalue weighted by Crippen LogP contribution is 2.43. The zero-order chi connectivity index (χ0) is 28.0. The van der Waals surface area contributed by atoms with E-state index in [0.717, 1.165) is 23.5 Å². The molecule has 0 aromatic carbocycles. The summed E-state index contributed by atoms with van der Waals surface area (Å²) >= 11 is 12.0. The largest absolute Gasteiger partial charge is 0.481 e. The molecule has 1 amide bonds. The van der Waals surface area contributed by atoms with Crippen LogP contribution in [0, 0.1) is 11.8 Å². The number of aliphatic carboxylic acids is 1. The summed E-state index contributed by atoms with van der Waals surface area (Å²) in [5, 5.41) is 13.0. The molecule has 8 nitrogen and oxygen atoms in total. The van der Waals surface area contributed by atoms with Crippen LogP contribution in [0.4, 0.5) is 17.6 Å². The van der Waals surface area contributed by atoms with Crippen molar-refractivity contribution >= 4 is 40.9 Å². The van der Waals surface area contributed by atoms with Crippen molar-refractivity contribution in [2.75, 3.05) is 13.1 Å². The molecule has 0 bridgehead atoms. The topological polar surface area (TPSA) is 105 Å². The third kappa shape index (κ3) is 5.80. The molecule has 2 aliphatic rings. The van der Waals surface area contributed by atoms with Crippen molar-refractivity contribution in [2.24, 2.45) is 11.8 Å². The van der Waals surface area contributed by atoms with Gasteiger partial charge in [0.25, 0.3) is 5.91 Å². The molecule has 2 aromatic heterocycles. The van der Waals surface area contributed by atoms with Crippen LogP contribution in [0.5, 0.6) is 0 Å². The molecule has 38 heavy (non-hydrogen) atoms. The van der Waals surface area contributed by atoms with Crippen molar-refractivity contribution < 1.29 is 37.1 Å². The summed E-state index contributed by atoms with van der Waals surface area (Å²) in [5.41, 5.74) is -4.15. The lowest BCUT2D eigenvalue weighted by atomic mass is 9.78. The number of alkyl halides is 4. The summed E-state index contributed by atoms with van der Waals surface area (Å²) in [6.45, 7) is 0.283. The molecule has 0 radical (unpaired) electrons. The second-order valence-electron chi connectivity index (χ2n) is 9.95. The monoisotopic (exact) mass is 578 g/mol. The number of amides is 1. The number of hydrogen-bond donors (Lipinski definition) is 1. The summed E-state index contributed by atoms with van der Waals surface area (Å²) in [7, 11) is 0. The molecule has 4 rings (SSSR count). The molecule has 2 aliphatic carbocycles. The molecule has 3 atom stereocenters. The van der Waals surface area contributed by atoms with E-state index in [1.807, 2.05) is 0 Å². The molecule has 2 fully saturated rings. The molecule has 206 valence electrons. The fourth-order valence-corrected chi connectivity index (χ4v) is 5.55. The Hall–Kier alpha value is -2.73. The number of rotatable bonds is 8. The summed E-state index contributed by atoms with van der Waals surface area (Å²) < 4.78 is 58.4. The maximum atomic E-state index is 14.8. The van der Waals surface area contributed by atoms with Crippen molar-refractivity contribution in [3.05, 3.63) is 45.5 Å². The van der Waals surface area contributed by atoms with Gasteiger partial charge < -0.3 is 10.0 Å². The van der Waals surface area contributed by atoms with E-state index in [1.165, 1.54) is 0 Å². The van der Waals surface area contributed by atoms with E-state index in [-0.39, 0.29) is 47.7 Å². The molecule has 1 N–H and O–H groups in total. The van der Waals surface area contributed by atoms with Crippen LogP contribution < -0.4 is 0 Å². The minimum Gasteiger partial charge on any atom is -0.481 e. The van der Waals surface area contributed by atoms with Crippen LogP contribution in [0.1, 0.15) is 71.5 Å². The first kappa shape index (κ1) is 28.3. The van der Waals surface area contributed by atoms with Crippen molar-refractivity contribution in [3.63, 3.8) is 0 Å². The van der Waals surface area contributed by atoms with Gasteiger partial charge in [-0.1, -0.05) is 30.1 Å². The van der Waals surface area contributed by atoms with Crippen LogP contribution in [-0.2, 0) is 11.0 Å². The Labute approximate surface area is 224 Å². The highest BCUT2D eigenvalue weighted by Gasteiger charge is 2.48. The average Bonchev–Trinajstić information content (AvgIpc) is 3.36. The lowest BCUT2D eigenvalue weighted by molar-refractivity contribution is -0.149. The highest BCUT2D eigenvalue weighted by atomic mass is 35.5. The quantitative estimate of drug-likeness (QED) is 0.328. The molecule has 2 aromatic rings. The van der Waals surface area contributed by atoms with Crippen LogP contribution >= 0.6 is 23.2 Å². The molecule has 2 heterocycles. The number of carboxylic acids is 1. The number of carbonyl (C=O) groups is 3. The Morgan fingerprint density at radius 3 is 2.32 bits per heavy atom. The van der Waals surface area contributed by atoms with E-state index < -0.39 is 71.7 Å². The zero-order valence-corrected chi connectivity index (χ0v) is 21.7. The van der Waals surface area contributed by atoms with E-state index >= 15 is 0 Å². The maximum absolute atomic E-state index is 14.8. The standard InChI is InChI=1S/C24H24Cl2F4N4O4/c1-12-6-13(2-3-14(12)22(37)38)34-20(24(28,29)30)15(7-32-34)21(36)33(11-23(27)4-5-23)10-18(35)19-16(25)8-31-9-17(19)26/h7-9,12-14H,2-6,10-11H2,1H3,(H,37,38)/t12-,13+,14+/m1/s1. The first-order valence-electron chi connectivity index (χ1n) is 11.9. The van der Waals surface area contributed by atoms with Gasteiger partial charge in [0.05, 0.1) is 52.4 Å². The average molecular weight is 579 g/mol. The lowest BCUT2D eigenvalue weighted by Gasteiger charge is -2.33. The summed E-state index contributed by atoms with van der Waals surface area (Å²) in [5.74, 6) is -4.12. The minimum atomic E-state index is -5.01. The first-order chi connectivity index (χ1) is 17.7. The van der Waals surface area contributed by atoms with E-state index in [9.17, 15) is 37.1 Å². The van der Waals surface area contributed by atoms with Crippen LogP contribution in [-0.4, -0.2) is 61.2 Å². The number of ketones is 1. The van der Waals surface area contributed by atoms with Crippen molar-refractivity contribution in [3.8, 4) is 0 Å². The number of halogens is 6. The summed E-state index contributed by atoms with van der Waals surface area (Å²) in [6.07, 6.45) is -1.36. The molecular weight excluding hydrogens is 555 g/mol. The zero-order valence-electron chi connectivity index (χ0n) is 20.1. The predicted octanol–water partition coefficient (Wildman–Crippen LogP) is 5.49. The van der Waals surface area contributed by atoms with Crippen LogP contribution in [0.3, 0.4) is 0 Å². The van der Waals surface area contributed by atoms with Gasteiger partial charge in [0.2, 0.25) is 0 Å². The van der Waals surface area contributed by atoms with Gasteiger partial charge in [0.1, 0.15) is 5.67 Å². The number of carboxylic acid groups (broad SMARTS) is 1. The van der Waals surface area contributed by atoms with Gasteiger partial charge in [0.15, 0.2) is 11.5 Å². The SMILES string of the molecule is C[C@@H]1C[C@@H](n2ncc(C(=O)N(CC(=O)c3c(Cl)cncc3Cl)CC3(F)CC3)c2C(F)(F)F)CC[C@@H]1C(=O)O. The molecule has 0 unspecified atom stereocenters. The summed E-state index contributed by atoms with van der Waals surface area (Å²) in [6, 6.07) is -0.792. The number of Topliss-reactive ketones (excluding diaryl/α,β-unsaturated/α-hetero) is 1. The fourth-order valence-electron chi connectivity index (χ4n) is 4.97. The van der Waals surface area contributed by atoms with Gasteiger partial charge in [-0.3, -0.25) is 24.0 Å². The Morgan fingerprint density at radius 2 is 1.79 bits per heavy atom. The van der Waals surface area contributed by atoms with Gasteiger partial charge in [-0.15, -0.1) is 0 Å². The number of pyridine rings is 1. The Balaban J connectivity index is 1.67. The number of carbonyl (C=O) groups excluding carboxylic acids is 2. The predicted molar refractivity (Wildman–Crippen MR) is 128 cm³/mol. The number of nitrogens with zero attached hydrogens (tertiary/aromatic N) is 4. The normalized spacial score (nSPS) is 22.7. The second-order valence-corrected chi connectivity index (χ2v) is 10.8. The minimum absolute atomic E-state index is 0.0951. The highest BCUT2D eigenvalue weighted by molar-refractivity contribution is 6.39. The van der Waals surface area contributed by atoms with Crippen molar-refractivity contribution in [1.29, 1.82) is 0 Å². The Kier molecular flexibility index (Phi) is 7.77. The number of aromatic nitrogens is 3. The second kappa shape index (κ2) is 10.4. The van der Waals surface area contributed by atoms with Gasteiger partial charge >= 0.3 is 12.1 Å². The van der Waals surface area contributed by atoms with Gasteiger partial charge in [-0.2, -0.15) is 18.3 Å². The number of hydrogen-bond acceptors (Lipinski definition) is 5. The van der Waals surface area contributed by atoms with Gasteiger partial charge in [-0.25, -0.2) is 4.39 Å². The van der Waals surface area contributed by atoms with E-state index in [0.29, 0.717) is 4.68 Å². The van der Waals surface area contributed by atoms with Crippen LogP contribution in [0.15, 0.2) is 18.6 Å². The third-order valence-corrected chi connectivity index (χ3v) is 7.69. The molecule has 0 saturated heterocycles. The molecule has 0 spiro atoms. The smallest absolute Gasteiger partial charge is 0.433 e. The molecule has 14 heteroatoms. The molecule has 0 aliphatic heterocycles. The lowest BCUT2D eigenvalue weighted by Crippen LogP contribution is -2.41. The fraction of sp³-hybridized carbons (Fsp3) is 0.542. The first-order valence-corrected chi connectivity index (χ1v) is 12.7. The third-order valence-electron chi connectivity index (χ3n) is 7.12.